The Hall–Kier alpha value is -2.84. The maximum Gasteiger partial charge on any atom is 0.267 e. The zero-order valence-corrected chi connectivity index (χ0v) is 13.4. The molecule has 4 rings (SSSR count). The van der Waals surface area contributed by atoms with Crippen LogP contribution in [0.5, 0.6) is 0 Å². The molecule has 0 bridgehead atoms. The van der Waals surface area contributed by atoms with E-state index >= 15 is 0 Å². The number of benzene rings is 1. The second-order valence-corrected chi connectivity index (χ2v) is 6.03. The van der Waals surface area contributed by atoms with E-state index < -0.39 is 30.8 Å². The number of hydrogen-bond acceptors (Lipinski definition) is 5. The first-order valence-electron chi connectivity index (χ1n) is 7.91. The summed E-state index contributed by atoms with van der Waals surface area (Å²) < 4.78 is 33.4. The summed E-state index contributed by atoms with van der Waals surface area (Å²) in [5, 5.41) is 7.66. The van der Waals surface area contributed by atoms with E-state index in [1.165, 1.54) is 6.33 Å². The van der Waals surface area contributed by atoms with Crippen molar-refractivity contribution < 1.29 is 18.0 Å². The Labute approximate surface area is 141 Å². The fraction of sp³-hybridized carbons (Fsp3) is 0.375. The molecule has 1 aliphatic rings. The molecule has 2 aromatic heterocycles. The van der Waals surface area contributed by atoms with Gasteiger partial charge in [0.2, 0.25) is 11.8 Å². The summed E-state index contributed by atoms with van der Waals surface area (Å²) in [6.07, 6.45) is 1.48. The molecule has 9 heteroatoms. The second-order valence-electron chi connectivity index (χ2n) is 6.03. The Morgan fingerprint density at radius 2 is 2.28 bits per heavy atom. The predicted octanol–water partition coefficient (Wildman–Crippen LogP) is 2.73. The van der Waals surface area contributed by atoms with Gasteiger partial charge in [-0.1, -0.05) is 6.92 Å². The SMILES string of the molecule is CCc1nnc([C@@H]2CC(F)(F)CN2C(=O)c2ccc3nc[nH]c3c2)o1. The minimum absolute atomic E-state index is 0.0463. The maximum atomic E-state index is 14.0. The Morgan fingerprint density at radius 3 is 3.04 bits per heavy atom. The van der Waals surface area contributed by atoms with Gasteiger partial charge in [-0.2, -0.15) is 0 Å². The van der Waals surface area contributed by atoms with Crippen LogP contribution in [0.15, 0.2) is 28.9 Å². The number of amides is 1. The van der Waals surface area contributed by atoms with Crippen molar-refractivity contribution in [1.29, 1.82) is 0 Å². The molecule has 0 aliphatic carbocycles. The van der Waals surface area contributed by atoms with Gasteiger partial charge < -0.3 is 14.3 Å². The highest BCUT2D eigenvalue weighted by molar-refractivity contribution is 5.97. The first-order valence-corrected chi connectivity index (χ1v) is 7.91. The zero-order valence-electron chi connectivity index (χ0n) is 13.4. The molecule has 1 saturated heterocycles. The van der Waals surface area contributed by atoms with Gasteiger partial charge in [0.1, 0.15) is 6.04 Å². The lowest BCUT2D eigenvalue weighted by molar-refractivity contribution is 0.0117. The Bertz CT molecular complexity index is 935. The van der Waals surface area contributed by atoms with Gasteiger partial charge in [-0.3, -0.25) is 4.79 Å². The number of H-pyrrole nitrogens is 1. The molecule has 1 N–H and O–H groups in total. The van der Waals surface area contributed by atoms with Crippen LogP contribution in [0.4, 0.5) is 8.78 Å². The Balaban J connectivity index is 1.68. The van der Waals surface area contributed by atoms with Gasteiger partial charge in [0.25, 0.3) is 11.8 Å². The molecule has 0 radical (unpaired) electrons. The molecule has 1 amide bonds. The van der Waals surface area contributed by atoms with E-state index in [2.05, 4.69) is 20.2 Å². The van der Waals surface area contributed by atoms with Crippen LogP contribution in [0.25, 0.3) is 11.0 Å². The van der Waals surface area contributed by atoms with Crippen LogP contribution in [-0.4, -0.2) is 43.4 Å². The monoisotopic (exact) mass is 347 g/mol. The molecule has 3 heterocycles. The average molecular weight is 347 g/mol. The topological polar surface area (TPSA) is 87.9 Å². The number of aromatic amines is 1. The maximum absolute atomic E-state index is 14.0. The molecular weight excluding hydrogens is 332 g/mol. The summed E-state index contributed by atoms with van der Waals surface area (Å²) in [6, 6.07) is 3.91. The number of alkyl halides is 2. The van der Waals surface area contributed by atoms with Crippen LogP contribution in [0.1, 0.15) is 41.5 Å². The molecule has 3 aromatic rings. The van der Waals surface area contributed by atoms with Crippen molar-refractivity contribution >= 4 is 16.9 Å². The summed E-state index contributed by atoms with van der Waals surface area (Å²) in [4.78, 5) is 20.9. The number of carbonyl (C=O) groups excluding carboxylic acids is 1. The number of imidazole rings is 1. The van der Waals surface area contributed by atoms with E-state index in [-0.39, 0.29) is 5.89 Å². The number of likely N-dealkylation sites (tertiary alicyclic amines) is 1. The quantitative estimate of drug-likeness (QED) is 0.787. The summed E-state index contributed by atoms with van der Waals surface area (Å²) in [7, 11) is 0. The summed E-state index contributed by atoms with van der Waals surface area (Å²) in [5.41, 5.74) is 1.67. The van der Waals surface area contributed by atoms with Gasteiger partial charge in [0.15, 0.2) is 0 Å². The molecule has 0 saturated carbocycles. The standard InChI is InChI=1S/C16H15F2N5O2/c1-2-13-21-22-14(25-13)12-6-16(17,18)7-23(12)15(24)9-3-4-10-11(5-9)20-8-19-10/h3-5,8,12H,2,6-7H2,1H3,(H,19,20)/t12-/m0/s1. The van der Waals surface area contributed by atoms with E-state index in [4.69, 9.17) is 4.42 Å². The van der Waals surface area contributed by atoms with Crippen LogP contribution in [0, 0.1) is 0 Å². The normalized spacial score (nSPS) is 19.6. The Morgan fingerprint density at radius 1 is 1.44 bits per heavy atom. The van der Waals surface area contributed by atoms with Crippen molar-refractivity contribution in [3.63, 3.8) is 0 Å². The van der Waals surface area contributed by atoms with Crippen LogP contribution in [0.2, 0.25) is 0 Å². The molecule has 0 spiro atoms. The number of fused-ring (bicyclic) bond motifs is 1. The highest BCUT2D eigenvalue weighted by atomic mass is 19.3. The second kappa shape index (κ2) is 5.61. The van der Waals surface area contributed by atoms with Gasteiger partial charge in [-0.25, -0.2) is 13.8 Å². The van der Waals surface area contributed by atoms with Crippen molar-refractivity contribution in [3.8, 4) is 0 Å². The van der Waals surface area contributed by atoms with Crippen LogP contribution < -0.4 is 0 Å². The summed E-state index contributed by atoms with van der Waals surface area (Å²) in [6.45, 7) is 1.14. The molecule has 1 aromatic carbocycles. The number of halogens is 2. The third-order valence-corrected chi connectivity index (χ3v) is 4.27. The van der Waals surface area contributed by atoms with Crippen molar-refractivity contribution in [1.82, 2.24) is 25.1 Å². The van der Waals surface area contributed by atoms with E-state index in [9.17, 15) is 13.6 Å². The molecule has 1 fully saturated rings. The van der Waals surface area contributed by atoms with Gasteiger partial charge in [0, 0.05) is 18.4 Å². The molecule has 25 heavy (non-hydrogen) atoms. The summed E-state index contributed by atoms with van der Waals surface area (Å²) in [5.74, 6) is -3.10. The minimum Gasteiger partial charge on any atom is -0.423 e. The van der Waals surface area contributed by atoms with Crippen molar-refractivity contribution in [2.45, 2.75) is 31.7 Å². The minimum atomic E-state index is -3.00. The lowest BCUT2D eigenvalue weighted by Crippen LogP contribution is -2.33. The van der Waals surface area contributed by atoms with Gasteiger partial charge in [0.05, 0.1) is 23.9 Å². The van der Waals surface area contributed by atoms with Crippen molar-refractivity contribution in [3.05, 3.63) is 41.9 Å². The van der Waals surface area contributed by atoms with Crippen LogP contribution in [0.3, 0.4) is 0 Å². The van der Waals surface area contributed by atoms with Crippen LogP contribution >= 0.6 is 0 Å². The first-order chi connectivity index (χ1) is 12.0. The van der Waals surface area contributed by atoms with Gasteiger partial charge >= 0.3 is 0 Å². The van der Waals surface area contributed by atoms with E-state index in [1.807, 2.05) is 6.92 Å². The van der Waals surface area contributed by atoms with Gasteiger partial charge in [-0.15, -0.1) is 10.2 Å². The van der Waals surface area contributed by atoms with Crippen molar-refractivity contribution in [2.75, 3.05) is 6.54 Å². The van der Waals surface area contributed by atoms with E-state index in [1.54, 1.807) is 18.2 Å². The van der Waals surface area contributed by atoms with Gasteiger partial charge in [-0.05, 0) is 18.2 Å². The third-order valence-electron chi connectivity index (χ3n) is 4.27. The van der Waals surface area contributed by atoms with Crippen molar-refractivity contribution in [2.24, 2.45) is 0 Å². The molecule has 7 nitrogen and oxygen atoms in total. The first kappa shape index (κ1) is 15.7. The number of nitrogens with zero attached hydrogens (tertiary/aromatic N) is 4. The highest BCUT2D eigenvalue weighted by Crippen LogP contribution is 2.41. The van der Waals surface area contributed by atoms with E-state index in [0.29, 0.717) is 28.9 Å². The van der Waals surface area contributed by atoms with E-state index in [0.717, 1.165) is 4.90 Å². The molecule has 0 unspecified atom stereocenters. The largest absolute Gasteiger partial charge is 0.423 e. The Kier molecular flexibility index (Phi) is 3.52. The average Bonchev–Trinajstić information content (AvgIpc) is 3.30. The molecular formula is C16H15F2N5O2. The number of nitrogens with one attached hydrogen (secondary N) is 1. The fourth-order valence-corrected chi connectivity index (χ4v) is 3.03. The number of hydrogen-bond donors (Lipinski definition) is 1. The lowest BCUT2D eigenvalue weighted by Gasteiger charge is -2.21. The lowest BCUT2D eigenvalue weighted by atomic mass is 10.1. The summed E-state index contributed by atoms with van der Waals surface area (Å²) >= 11 is 0. The van der Waals surface area contributed by atoms with Crippen LogP contribution in [-0.2, 0) is 6.42 Å². The molecule has 130 valence electrons. The molecule has 1 aliphatic heterocycles. The number of carbonyl (C=O) groups is 1. The smallest absolute Gasteiger partial charge is 0.267 e. The predicted molar refractivity (Wildman–Crippen MR) is 83.1 cm³/mol. The fourth-order valence-electron chi connectivity index (χ4n) is 3.03. The zero-order chi connectivity index (χ0) is 17.6. The number of aromatic nitrogens is 4. The number of aryl methyl sites for hydroxylation is 1. The third kappa shape index (κ3) is 2.75. The molecule has 1 atom stereocenters. The number of rotatable bonds is 3. The highest BCUT2D eigenvalue weighted by Gasteiger charge is 2.49.